The monoisotopic (exact) mass is 185 g/mol. The molecule has 1 unspecified atom stereocenters. The summed E-state index contributed by atoms with van der Waals surface area (Å²) in [5.41, 5.74) is 0. The number of hydrogen-bond donors (Lipinski definition) is 1. The van der Waals surface area contributed by atoms with Gasteiger partial charge in [0, 0.05) is 6.04 Å². The maximum absolute atomic E-state index is 3.61. The van der Waals surface area contributed by atoms with Gasteiger partial charge in [-0.1, -0.05) is 40.5 Å². The Balaban J connectivity index is 0.000000671. The second-order valence-corrected chi connectivity index (χ2v) is 4.13. The van der Waals surface area contributed by atoms with Crippen LogP contribution in [0.1, 0.15) is 59.8 Å². The van der Waals surface area contributed by atoms with Crippen molar-refractivity contribution >= 4 is 0 Å². The summed E-state index contributed by atoms with van der Waals surface area (Å²) >= 11 is 0. The average Bonchev–Trinajstić information content (AvgIpc) is 2.36. The molecule has 1 aliphatic rings. The summed E-state index contributed by atoms with van der Waals surface area (Å²) in [6.45, 7) is 9.87. The van der Waals surface area contributed by atoms with Gasteiger partial charge in [0.25, 0.3) is 0 Å². The molecule has 0 aromatic carbocycles. The van der Waals surface area contributed by atoms with Crippen LogP contribution in [0.15, 0.2) is 0 Å². The minimum atomic E-state index is 0.817. The van der Waals surface area contributed by atoms with Crippen LogP contribution in [0.2, 0.25) is 0 Å². The molecule has 0 spiro atoms. The number of rotatable bonds is 2. The molecule has 1 heteroatoms. The second kappa shape index (κ2) is 8.55. The maximum atomic E-state index is 3.61. The molecular formula is C12H27N. The second-order valence-electron chi connectivity index (χ2n) is 4.13. The molecule has 0 bridgehead atoms. The Bertz CT molecular complexity index is 91.3. The van der Waals surface area contributed by atoms with Crippen LogP contribution in [0, 0.1) is 5.92 Å². The first kappa shape index (κ1) is 13.0. The summed E-state index contributed by atoms with van der Waals surface area (Å²) in [7, 11) is 0. The Morgan fingerprint density at radius 2 is 1.85 bits per heavy atom. The summed E-state index contributed by atoms with van der Waals surface area (Å²) in [5.74, 6) is 0.852. The molecule has 13 heavy (non-hydrogen) atoms. The molecule has 1 rings (SSSR count). The van der Waals surface area contributed by atoms with Gasteiger partial charge in [-0.3, -0.25) is 0 Å². The van der Waals surface area contributed by atoms with Crippen LogP contribution >= 0.6 is 0 Å². The summed E-state index contributed by atoms with van der Waals surface area (Å²) < 4.78 is 0. The highest BCUT2D eigenvalue weighted by molar-refractivity contribution is 4.71. The molecule has 0 saturated carbocycles. The van der Waals surface area contributed by atoms with E-state index in [1.54, 1.807) is 0 Å². The lowest BCUT2D eigenvalue weighted by molar-refractivity contribution is 0.414. The van der Waals surface area contributed by atoms with Gasteiger partial charge in [0.1, 0.15) is 0 Å². The lowest BCUT2D eigenvalue weighted by Gasteiger charge is -2.17. The van der Waals surface area contributed by atoms with Crippen molar-refractivity contribution in [1.29, 1.82) is 0 Å². The van der Waals surface area contributed by atoms with Gasteiger partial charge >= 0.3 is 0 Å². The van der Waals surface area contributed by atoms with Gasteiger partial charge < -0.3 is 5.32 Å². The SMILES string of the molecule is CC.CC(C)CC1CCCCCN1. The van der Waals surface area contributed by atoms with Gasteiger partial charge in [0.05, 0.1) is 0 Å². The molecule has 0 aromatic heterocycles. The van der Waals surface area contributed by atoms with E-state index in [1.807, 2.05) is 13.8 Å². The third kappa shape index (κ3) is 7.06. The summed E-state index contributed by atoms with van der Waals surface area (Å²) in [4.78, 5) is 0. The zero-order valence-corrected chi connectivity index (χ0v) is 9.90. The van der Waals surface area contributed by atoms with Gasteiger partial charge in [-0.15, -0.1) is 0 Å². The van der Waals surface area contributed by atoms with Gasteiger partial charge in [0.2, 0.25) is 0 Å². The minimum absolute atomic E-state index is 0.817. The van der Waals surface area contributed by atoms with E-state index in [0.29, 0.717) is 0 Å². The Morgan fingerprint density at radius 3 is 2.46 bits per heavy atom. The Hall–Kier alpha value is -0.0400. The van der Waals surface area contributed by atoms with Crippen LogP contribution in [0.25, 0.3) is 0 Å². The highest BCUT2D eigenvalue weighted by Crippen LogP contribution is 2.14. The van der Waals surface area contributed by atoms with Crippen molar-refractivity contribution in [2.45, 2.75) is 65.8 Å². The lowest BCUT2D eigenvalue weighted by atomic mass is 10.0. The van der Waals surface area contributed by atoms with Crippen molar-refractivity contribution in [1.82, 2.24) is 5.32 Å². The maximum Gasteiger partial charge on any atom is 0.00694 e. The van der Waals surface area contributed by atoms with Crippen LogP contribution in [0.3, 0.4) is 0 Å². The van der Waals surface area contributed by atoms with Crippen molar-refractivity contribution in [3.05, 3.63) is 0 Å². The first-order chi connectivity index (χ1) is 6.29. The molecule has 0 radical (unpaired) electrons. The van der Waals surface area contributed by atoms with E-state index in [4.69, 9.17) is 0 Å². The Labute approximate surface area is 84.3 Å². The molecule has 80 valence electrons. The molecule has 0 aliphatic carbocycles. The van der Waals surface area contributed by atoms with E-state index in [1.165, 1.54) is 38.6 Å². The fourth-order valence-electron chi connectivity index (χ4n) is 1.87. The summed E-state index contributed by atoms with van der Waals surface area (Å²) in [5, 5.41) is 3.61. The average molecular weight is 185 g/mol. The van der Waals surface area contributed by atoms with Crippen molar-refractivity contribution in [2.75, 3.05) is 6.54 Å². The Kier molecular flexibility index (Phi) is 8.53. The van der Waals surface area contributed by atoms with Crippen LogP contribution in [0.5, 0.6) is 0 Å². The molecule has 1 nitrogen and oxygen atoms in total. The largest absolute Gasteiger partial charge is 0.314 e. The quantitative estimate of drug-likeness (QED) is 0.693. The summed E-state index contributed by atoms with van der Waals surface area (Å²) in [6, 6.07) is 0.817. The van der Waals surface area contributed by atoms with Crippen molar-refractivity contribution in [3.63, 3.8) is 0 Å². The van der Waals surface area contributed by atoms with E-state index in [9.17, 15) is 0 Å². The smallest absolute Gasteiger partial charge is 0.00694 e. The van der Waals surface area contributed by atoms with E-state index in [-0.39, 0.29) is 0 Å². The van der Waals surface area contributed by atoms with Gasteiger partial charge in [-0.2, -0.15) is 0 Å². The summed E-state index contributed by atoms with van der Waals surface area (Å²) in [6.07, 6.45) is 7.01. The van der Waals surface area contributed by atoms with E-state index in [0.717, 1.165) is 12.0 Å². The zero-order valence-electron chi connectivity index (χ0n) is 9.90. The Morgan fingerprint density at radius 1 is 1.15 bits per heavy atom. The molecule has 1 heterocycles. The fraction of sp³-hybridized carbons (Fsp3) is 1.00. The van der Waals surface area contributed by atoms with Crippen LogP contribution in [-0.4, -0.2) is 12.6 Å². The lowest BCUT2D eigenvalue weighted by Crippen LogP contribution is -2.29. The predicted octanol–water partition coefficient (Wildman–Crippen LogP) is 3.59. The van der Waals surface area contributed by atoms with Crippen molar-refractivity contribution < 1.29 is 0 Å². The topological polar surface area (TPSA) is 12.0 Å². The normalized spacial score (nSPS) is 23.3. The molecule has 0 amide bonds. The van der Waals surface area contributed by atoms with Gasteiger partial charge in [-0.25, -0.2) is 0 Å². The molecule has 0 aromatic rings. The van der Waals surface area contributed by atoms with Crippen LogP contribution in [-0.2, 0) is 0 Å². The molecule has 1 aliphatic heterocycles. The van der Waals surface area contributed by atoms with Crippen molar-refractivity contribution in [2.24, 2.45) is 5.92 Å². The highest BCUT2D eigenvalue weighted by atomic mass is 14.9. The van der Waals surface area contributed by atoms with Crippen LogP contribution < -0.4 is 5.32 Å². The highest BCUT2D eigenvalue weighted by Gasteiger charge is 2.11. The molecule has 1 N–H and O–H groups in total. The van der Waals surface area contributed by atoms with E-state index >= 15 is 0 Å². The predicted molar refractivity (Wildman–Crippen MR) is 61.1 cm³/mol. The molecule has 1 atom stereocenters. The molecular weight excluding hydrogens is 158 g/mol. The fourth-order valence-corrected chi connectivity index (χ4v) is 1.87. The molecule has 1 saturated heterocycles. The standard InChI is InChI=1S/C10H21N.C2H6/c1-9(2)8-10-6-4-3-5-7-11-10;1-2/h9-11H,3-8H2,1-2H3;1-2H3. The first-order valence-corrected chi connectivity index (χ1v) is 6.02. The first-order valence-electron chi connectivity index (χ1n) is 6.02. The van der Waals surface area contributed by atoms with Gasteiger partial charge in [-0.05, 0) is 31.7 Å². The third-order valence-corrected chi connectivity index (χ3v) is 2.42. The third-order valence-electron chi connectivity index (χ3n) is 2.42. The van der Waals surface area contributed by atoms with Gasteiger partial charge in [0.15, 0.2) is 0 Å². The zero-order chi connectivity index (χ0) is 10.1. The molecule has 1 fully saturated rings. The number of hydrogen-bond acceptors (Lipinski definition) is 1. The van der Waals surface area contributed by atoms with Crippen LogP contribution in [0.4, 0.5) is 0 Å². The van der Waals surface area contributed by atoms with E-state index in [2.05, 4.69) is 19.2 Å². The minimum Gasteiger partial charge on any atom is -0.314 e. The van der Waals surface area contributed by atoms with E-state index < -0.39 is 0 Å². The van der Waals surface area contributed by atoms with Crippen molar-refractivity contribution in [3.8, 4) is 0 Å². The number of nitrogens with one attached hydrogen (secondary N) is 1.